The van der Waals surface area contributed by atoms with Gasteiger partial charge in [-0.15, -0.1) is 10.2 Å². The third-order valence-electron chi connectivity index (χ3n) is 5.31. The van der Waals surface area contributed by atoms with Crippen molar-refractivity contribution in [2.75, 3.05) is 12.3 Å². The van der Waals surface area contributed by atoms with E-state index in [0.29, 0.717) is 24.8 Å². The van der Waals surface area contributed by atoms with Crippen LogP contribution in [-0.4, -0.2) is 38.0 Å². The zero-order chi connectivity index (χ0) is 20.3. The van der Waals surface area contributed by atoms with E-state index in [1.165, 1.54) is 22.7 Å². The molecule has 0 radical (unpaired) electrons. The second-order valence-electron chi connectivity index (χ2n) is 7.53. The summed E-state index contributed by atoms with van der Waals surface area (Å²) in [4.78, 5) is 15.6. The molecule has 0 bridgehead atoms. The van der Waals surface area contributed by atoms with Gasteiger partial charge in [0.15, 0.2) is 5.16 Å². The topological polar surface area (TPSA) is 88.7 Å². The van der Waals surface area contributed by atoms with Gasteiger partial charge in [-0.05, 0) is 43.0 Å². The highest BCUT2D eigenvalue weighted by molar-refractivity contribution is 7.99. The normalized spacial score (nSPS) is 13.7. The Morgan fingerprint density at radius 2 is 2.13 bits per heavy atom. The highest BCUT2D eigenvalue weighted by Gasteiger charge is 2.30. The van der Waals surface area contributed by atoms with E-state index in [1.807, 2.05) is 30.5 Å². The molecule has 1 aliphatic carbocycles. The summed E-state index contributed by atoms with van der Waals surface area (Å²) in [5.74, 6) is 2.65. The fraction of sp³-hybridized carbons (Fsp3) is 0.318. The maximum atomic E-state index is 12.4. The number of aromatic nitrogens is 4. The molecule has 1 amide bonds. The maximum Gasteiger partial charge on any atom is 0.230 e. The zero-order valence-electron chi connectivity index (χ0n) is 16.5. The molecule has 2 N–H and O–H groups in total. The average molecular weight is 422 g/mol. The van der Waals surface area contributed by atoms with Crippen LogP contribution >= 0.6 is 11.8 Å². The van der Waals surface area contributed by atoms with Crippen molar-refractivity contribution in [3.63, 3.8) is 0 Å². The summed E-state index contributed by atoms with van der Waals surface area (Å²) < 4.78 is 7.58. The van der Waals surface area contributed by atoms with Crippen LogP contribution in [0.15, 0.2) is 58.4 Å². The molecule has 0 unspecified atom stereocenters. The molecule has 1 fully saturated rings. The predicted octanol–water partition coefficient (Wildman–Crippen LogP) is 3.73. The van der Waals surface area contributed by atoms with Gasteiger partial charge in [-0.1, -0.05) is 30.0 Å². The van der Waals surface area contributed by atoms with Gasteiger partial charge in [0.25, 0.3) is 0 Å². The van der Waals surface area contributed by atoms with Gasteiger partial charge in [0.2, 0.25) is 5.91 Å². The van der Waals surface area contributed by atoms with Crippen LogP contribution in [0.3, 0.4) is 0 Å². The summed E-state index contributed by atoms with van der Waals surface area (Å²) in [7, 11) is 0. The van der Waals surface area contributed by atoms with Gasteiger partial charge >= 0.3 is 0 Å². The first kappa shape index (κ1) is 19.0. The number of nitrogens with one attached hydrogen (secondary N) is 2. The van der Waals surface area contributed by atoms with E-state index in [0.717, 1.165) is 41.5 Å². The SMILES string of the molecule is O=C(CSc1nnc(C2CC2)n1Cc1ccco1)NCCc1c[nH]c2ccccc12. The molecule has 7 nitrogen and oxygen atoms in total. The summed E-state index contributed by atoms with van der Waals surface area (Å²) >= 11 is 1.42. The van der Waals surface area contributed by atoms with Crippen molar-refractivity contribution in [2.45, 2.75) is 36.9 Å². The Morgan fingerprint density at radius 1 is 1.23 bits per heavy atom. The van der Waals surface area contributed by atoms with Crippen LogP contribution < -0.4 is 5.32 Å². The van der Waals surface area contributed by atoms with E-state index in [4.69, 9.17) is 4.42 Å². The number of carbonyl (C=O) groups is 1. The molecule has 30 heavy (non-hydrogen) atoms. The standard InChI is InChI=1S/C22H23N5O2S/c28-20(23-10-9-16-12-24-19-6-2-1-5-18(16)19)14-30-22-26-25-21(15-7-8-15)27(22)13-17-4-3-11-29-17/h1-6,11-12,15,24H,7-10,13-14H2,(H,23,28). The van der Waals surface area contributed by atoms with Crippen molar-refractivity contribution >= 4 is 28.6 Å². The monoisotopic (exact) mass is 421 g/mol. The van der Waals surface area contributed by atoms with Crippen molar-refractivity contribution in [1.82, 2.24) is 25.1 Å². The van der Waals surface area contributed by atoms with Crippen LogP contribution in [0.25, 0.3) is 10.9 Å². The number of para-hydroxylation sites is 1. The zero-order valence-corrected chi connectivity index (χ0v) is 17.3. The number of rotatable bonds is 9. The number of thioether (sulfide) groups is 1. The highest BCUT2D eigenvalue weighted by Crippen LogP contribution is 2.40. The molecule has 1 saturated carbocycles. The molecule has 0 saturated heterocycles. The fourth-order valence-electron chi connectivity index (χ4n) is 3.61. The van der Waals surface area contributed by atoms with Gasteiger partial charge in [0.1, 0.15) is 11.6 Å². The van der Waals surface area contributed by atoms with Crippen LogP contribution in [-0.2, 0) is 17.8 Å². The molecule has 4 aromatic rings. The van der Waals surface area contributed by atoms with E-state index in [-0.39, 0.29) is 5.91 Å². The number of carbonyl (C=O) groups excluding carboxylic acids is 1. The number of aromatic amines is 1. The summed E-state index contributed by atoms with van der Waals surface area (Å²) in [6, 6.07) is 12.0. The van der Waals surface area contributed by atoms with E-state index in [2.05, 4.69) is 37.2 Å². The lowest BCUT2D eigenvalue weighted by Crippen LogP contribution is -2.27. The van der Waals surface area contributed by atoms with Gasteiger partial charge in [0, 0.05) is 29.6 Å². The van der Waals surface area contributed by atoms with Gasteiger partial charge in [0.05, 0.1) is 18.6 Å². The Balaban J connectivity index is 1.16. The number of hydrogen-bond acceptors (Lipinski definition) is 5. The Labute approximate surface area is 178 Å². The number of amides is 1. The summed E-state index contributed by atoms with van der Waals surface area (Å²) in [6.07, 6.45) is 6.78. The molecule has 1 aliphatic rings. The predicted molar refractivity (Wildman–Crippen MR) is 116 cm³/mol. The number of nitrogens with zero attached hydrogens (tertiary/aromatic N) is 3. The first-order chi connectivity index (χ1) is 14.8. The van der Waals surface area contributed by atoms with Crippen molar-refractivity contribution < 1.29 is 9.21 Å². The summed E-state index contributed by atoms with van der Waals surface area (Å²) in [5, 5.41) is 13.7. The number of hydrogen-bond donors (Lipinski definition) is 2. The number of fused-ring (bicyclic) bond motifs is 1. The van der Waals surface area contributed by atoms with Crippen molar-refractivity contribution in [1.29, 1.82) is 0 Å². The summed E-state index contributed by atoms with van der Waals surface area (Å²) in [6.45, 7) is 1.20. The first-order valence-corrected chi connectivity index (χ1v) is 11.2. The lowest BCUT2D eigenvalue weighted by atomic mass is 10.1. The lowest BCUT2D eigenvalue weighted by molar-refractivity contribution is -0.118. The van der Waals surface area contributed by atoms with E-state index in [9.17, 15) is 4.79 Å². The van der Waals surface area contributed by atoms with Crippen LogP contribution in [0.5, 0.6) is 0 Å². The maximum absolute atomic E-state index is 12.4. The van der Waals surface area contributed by atoms with Gasteiger partial charge in [-0.2, -0.15) is 0 Å². The lowest BCUT2D eigenvalue weighted by Gasteiger charge is -2.08. The van der Waals surface area contributed by atoms with Crippen LogP contribution in [0, 0.1) is 0 Å². The minimum absolute atomic E-state index is 0.000335. The highest BCUT2D eigenvalue weighted by atomic mass is 32.2. The molecule has 1 aromatic carbocycles. The van der Waals surface area contributed by atoms with E-state index < -0.39 is 0 Å². The number of H-pyrrole nitrogens is 1. The minimum atomic E-state index is 0.000335. The molecule has 3 aromatic heterocycles. The fourth-order valence-corrected chi connectivity index (χ4v) is 4.39. The smallest absolute Gasteiger partial charge is 0.230 e. The quantitative estimate of drug-likeness (QED) is 0.402. The molecule has 8 heteroatoms. The second-order valence-corrected chi connectivity index (χ2v) is 8.47. The third-order valence-corrected chi connectivity index (χ3v) is 6.27. The summed E-state index contributed by atoms with van der Waals surface area (Å²) in [5.41, 5.74) is 2.34. The molecule has 0 aliphatic heterocycles. The van der Waals surface area contributed by atoms with Crippen LogP contribution in [0.1, 0.15) is 35.9 Å². The Morgan fingerprint density at radius 3 is 2.97 bits per heavy atom. The Hall–Kier alpha value is -3.00. The molecule has 0 spiro atoms. The van der Waals surface area contributed by atoms with E-state index >= 15 is 0 Å². The largest absolute Gasteiger partial charge is 0.467 e. The second kappa shape index (κ2) is 8.39. The molecule has 5 rings (SSSR count). The van der Waals surface area contributed by atoms with Crippen molar-refractivity contribution in [3.05, 3.63) is 66.0 Å². The Kier molecular flexibility index (Phi) is 5.31. The minimum Gasteiger partial charge on any atom is -0.467 e. The number of furan rings is 1. The molecular weight excluding hydrogens is 398 g/mol. The molecule has 3 heterocycles. The van der Waals surface area contributed by atoms with Gasteiger partial charge < -0.3 is 14.7 Å². The molecule has 154 valence electrons. The molecule has 0 atom stereocenters. The van der Waals surface area contributed by atoms with Crippen LogP contribution in [0.4, 0.5) is 0 Å². The first-order valence-electron chi connectivity index (χ1n) is 10.2. The van der Waals surface area contributed by atoms with Crippen molar-refractivity contribution in [2.24, 2.45) is 0 Å². The molecular formula is C22H23N5O2S. The average Bonchev–Trinajstić information content (AvgIpc) is 3.15. The number of benzene rings is 1. The van der Waals surface area contributed by atoms with Gasteiger partial charge in [-0.3, -0.25) is 9.36 Å². The van der Waals surface area contributed by atoms with Gasteiger partial charge in [-0.25, -0.2) is 0 Å². The Bertz CT molecular complexity index is 1140. The van der Waals surface area contributed by atoms with Crippen molar-refractivity contribution in [3.8, 4) is 0 Å². The van der Waals surface area contributed by atoms with E-state index in [1.54, 1.807) is 6.26 Å². The third kappa shape index (κ3) is 4.14. The van der Waals surface area contributed by atoms with Crippen LogP contribution in [0.2, 0.25) is 0 Å².